The molecule has 0 radical (unpaired) electrons. The molecule has 6 aromatic rings. The van der Waals surface area contributed by atoms with Crippen molar-refractivity contribution in [3.05, 3.63) is 119 Å². The van der Waals surface area contributed by atoms with Crippen molar-refractivity contribution in [1.29, 1.82) is 0 Å². The summed E-state index contributed by atoms with van der Waals surface area (Å²) in [5.41, 5.74) is 7.18. The van der Waals surface area contributed by atoms with Crippen LogP contribution in [0.2, 0.25) is 10.0 Å². The van der Waals surface area contributed by atoms with E-state index in [4.69, 9.17) is 50.0 Å². The molecule has 2 atom stereocenters. The predicted molar refractivity (Wildman–Crippen MR) is 279 cm³/mol. The van der Waals surface area contributed by atoms with Gasteiger partial charge in [0.15, 0.2) is 34.8 Å². The number of halogens is 5. The van der Waals surface area contributed by atoms with Crippen LogP contribution in [0.1, 0.15) is 74.1 Å². The molecule has 0 spiro atoms. The van der Waals surface area contributed by atoms with Gasteiger partial charge in [-0.3, -0.25) is 29.1 Å². The second-order valence-corrected chi connectivity index (χ2v) is 17.0. The number of nitrogens with two attached hydrogens (primary N) is 1. The van der Waals surface area contributed by atoms with Gasteiger partial charge >= 0.3 is 0 Å². The van der Waals surface area contributed by atoms with E-state index in [9.17, 15) is 28.0 Å². The lowest BCUT2D eigenvalue weighted by molar-refractivity contribution is -0.124. The average molecular weight is 1070 g/mol. The molecule has 0 saturated carbocycles. The lowest BCUT2D eigenvalue weighted by atomic mass is 10.1. The number of rotatable bonds is 21. The number of nitrogens with zero attached hydrogens (tertiary/aromatic N) is 6. The van der Waals surface area contributed by atoms with Gasteiger partial charge in [0.05, 0.1) is 60.2 Å². The fraction of sp³-hybridized carbons (Fsp3) is 0.320. The molecule has 73 heavy (non-hydrogen) atoms. The molecule has 0 saturated heterocycles. The van der Waals surface area contributed by atoms with E-state index in [1.54, 1.807) is 12.1 Å². The van der Waals surface area contributed by atoms with Crippen LogP contribution >= 0.6 is 34.8 Å². The number of hydrogen-bond donors (Lipinski definition) is 6. The van der Waals surface area contributed by atoms with E-state index in [0.717, 1.165) is 12.8 Å². The zero-order valence-corrected chi connectivity index (χ0v) is 43.3. The van der Waals surface area contributed by atoms with Crippen LogP contribution in [0.3, 0.4) is 0 Å². The SMILES string of the molecule is CCC(C)C(=O)Cl.CCC(C)C(=O)NCCCNC(=O)c1cnccc1Nc1nc(-c2cc(Cl)ccc2F)ncc1OC.COc1cnc(-c2cc(Cl)ccc2F)nc1Nc1ccncc1C(=O)NCCCN. The Morgan fingerprint density at radius 2 is 1.08 bits per heavy atom. The minimum Gasteiger partial charge on any atom is -0.491 e. The van der Waals surface area contributed by atoms with Gasteiger partial charge in [-0.05, 0) is 92.4 Å². The summed E-state index contributed by atoms with van der Waals surface area (Å²) in [7, 11) is 2.90. The minimum atomic E-state index is -0.528. The number of hydrogen-bond acceptors (Lipinski definition) is 15. The number of pyridine rings is 2. The summed E-state index contributed by atoms with van der Waals surface area (Å²) in [4.78, 5) is 72.5. The molecule has 0 aliphatic carbocycles. The summed E-state index contributed by atoms with van der Waals surface area (Å²) < 4.78 is 39.3. The van der Waals surface area contributed by atoms with Crippen LogP contribution in [0.25, 0.3) is 22.8 Å². The molecule has 0 aliphatic heterocycles. The molecule has 0 fully saturated rings. The van der Waals surface area contributed by atoms with E-state index < -0.39 is 11.6 Å². The normalized spacial score (nSPS) is 11.3. The third-order valence-corrected chi connectivity index (χ3v) is 11.4. The topological polar surface area (TPSA) is 250 Å². The van der Waals surface area contributed by atoms with Crippen molar-refractivity contribution in [1.82, 2.24) is 45.9 Å². The summed E-state index contributed by atoms with van der Waals surface area (Å²) in [6, 6.07) is 11.5. The Morgan fingerprint density at radius 1 is 0.644 bits per heavy atom. The van der Waals surface area contributed by atoms with Crippen LogP contribution in [0.5, 0.6) is 11.5 Å². The number of methoxy groups -OCH3 is 2. The number of benzene rings is 2. The quantitative estimate of drug-likeness (QED) is 0.0290. The van der Waals surface area contributed by atoms with Gasteiger partial charge in [-0.15, -0.1) is 0 Å². The first kappa shape index (κ1) is 58.4. The van der Waals surface area contributed by atoms with E-state index in [0.29, 0.717) is 77.5 Å². The summed E-state index contributed by atoms with van der Waals surface area (Å²) >= 11 is 17.1. The molecule has 4 heterocycles. The fourth-order valence-electron chi connectivity index (χ4n) is 5.96. The first-order chi connectivity index (χ1) is 35.0. The van der Waals surface area contributed by atoms with Gasteiger partial charge in [-0.25, -0.2) is 28.7 Å². The average Bonchev–Trinajstić information content (AvgIpc) is 3.39. The molecule has 7 N–H and O–H groups in total. The zero-order valence-electron chi connectivity index (χ0n) is 41.0. The Morgan fingerprint density at radius 3 is 1.48 bits per heavy atom. The van der Waals surface area contributed by atoms with Crippen LogP contribution in [0.4, 0.5) is 31.8 Å². The Bertz CT molecular complexity index is 2820. The second-order valence-electron chi connectivity index (χ2n) is 15.8. The lowest BCUT2D eigenvalue weighted by Gasteiger charge is -2.14. The van der Waals surface area contributed by atoms with Gasteiger partial charge in [0.2, 0.25) is 11.1 Å². The Balaban J connectivity index is 0.000000283. The smallest absolute Gasteiger partial charge is 0.254 e. The summed E-state index contributed by atoms with van der Waals surface area (Å²) in [5, 5.41) is 15.0. The summed E-state index contributed by atoms with van der Waals surface area (Å²) in [5.74, 6) is -0.425. The number of aromatic nitrogens is 6. The molecule has 0 aliphatic rings. The summed E-state index contributed by atoms with van der Waals surface area (Å²) in [6.07, 6.45) is 11.6. The van der Waals surface area contributed by atoms with Crippen molar-refractivity contribution in [3.63, 3.8) is 0 Å². The van der Waals surface area contributed by atoms with Gasteiger partial charge in [0.1, 0.15) is 11.6 Å². The summed E-state index contributed by atoms with van der Waals surface area (Å²) in [6.45, 7) is 9.32. The molecule has 0 bridgehead atoms. The highest BCUT2D eigenvalue weighted by Gasteiger charge is 2.19. The number of anilines is 4. The fourth-order valence-corrected chi connectivity index (χ4v) is 6.46. The first-order valence-corrected chi connectivity index (χ1v) is 24.1. The molecule has 4 aromatic heterocycles. The maximum absolute atomic E-state index is 14.4. The highest BCUT2D eigenvalue weighted by atomic mass is 35.5. The lowest BCUT2D eigenvalue weighted by Crippen LogP contribution is -2.32. The van der Waals surface area contributed by atoms with Crippen LogP contribution in [-0.4, -0.2) is 93.3 Å². The predicted octanol–water partition coefficient (Wildman–Crippen LogP) is 9.33. The van der Waals surface area contributed by atoms with Crippen LogP contribution in [-0.2, 0) is 9.59 Å². The van der Waals surface area contributed by atoms with E-state index in [1.165, 1.54) is 87.8 Å². The maximum atomic E-state index is 14.4. The van der Waals surface area contributed by atoms with Crippen LogP contribution < -0.4 is 41.8 Å². The van der Waals surface area contributed by atoms with Crippen molar-refractivity contribution in [2.75, 3.05) is 51.0 Å². The van der Waals surface area contributed by atoms with E-state index >= 15 is 0 Å². The number of nitrogens with one attached hydrogen (secondary N) is 5. The number of carbonyl (C=O) groups is 4. The van der Waals surface area contributed by atoms with Gasteiger partial charge < -0.3 is 41.8 Å². The van der Waals surface area contributed by atoms with Crippen molar-refractivity contribution in [2.45, 2.75) is 53.4 Å². The molecule has 3 amide bonds. The highest BCUT2D eigenvalue weighted by molar-refractivity contribution is 6.63. The van der Waals surface area contributed by atoms with Gasteiger partial charge in [-0.2, -0.15) is 0 Å². The number of amides is 3. The molecule has 2 aromatic carbocycles. The van der Waals surface area contributed by atoms with Crippen molar-refractivity contribution in [2.24, 2.45) is 17.6 Å². The zero-order chi connectivity index (χ0) is 53.5. The van der Waals surface area contributed by atoms with Gasteiger partial charge in [0.25, 0.3) is 11.8 Å². The third kappa shape index (κ3) is 17.8. The highest BCUT2D eigenvalue weighted by Crippen LogP contribution is 2.32. The Hall–Kier alpha value is -7.13. The minimum absolute atomic E-state index is 0.00149. The van der Waals surface area contributed by atoms with E-state index in [1.807, 2.05) is 27.7 Å². The van der Waals surface area contributed by atoms with Gasteiger partial charge in [-0.1, -0.05) is 50.9 Å². The molecule has 6 rings (SSSR count). The molecular weight excluding hydrogens is 1010 g/mol. The van der Waals surface area contributed by atoms with Crippen molar-refractivity contribution >= 4 is 80.8 Å². The standard InChI is InChI=1S/C25H28ClFN6O3.C20H20ClFN6O2.C5H9ClO/c1-4-15(2)24(34)29-9-5-10-30-25(35)18-13-28-11-8-20(18)32-23-21(36-3)14-31-22(33-23)17-12-16(26)6-7-19(17)27;1-30-17-11-26-18(13-9-12(21)3-4-15(13)22)28-19(17)27-16-5-8-24-10-14(16)20(29)25-7-2-6-23;1-3-4(2)5(6)7/h6-8,11-15H,4-5,9-10H2,1-3H3,(H,29,34)(H,30,35)(H,28,31,32,33);3-5,8-11H,2,6-7,23H2,1H3,(H,25,29)(H,24,26,27,28);4H,3H2,1-2H3. The second kappa shape index (κ2) is 30.0. The van der Waals surface area contributed by atoms with Crippen LogP contribution in [0, 0.1) is 23.5 Å². The Labute approximate surface area is 437 Å². The van der Waals surface area contributed by atoms with Crippen molar-refractivity contribution < 1.29 is 37.4 Å². The molecule has 388 valence electrons. The molecule has 18 nitrogen and oxygen atoms in total. The third-order valence-electron chi connectivity index (χ3n) is 10.6. The molecule has 23 heteroatoms. The molecular formula is C50H57Cl3F2N12O6. The number of carbonyl (C=O) groups excluding carboxylic acids is 4. The Kier molecular flexibility index (Phi) is 24.0. The first-order valence-electron chi connectivity index (χ1n) is 22.9. The van der Waals surface area contributed by atoms with E-state index in [2.05, 4.69) is 56.5 Å². The largest absolute Gasteiger partial charge is 0.491 e. The monoisotopic (exact) mass is 1060 g/mol. The van der Waals surface area contributed by atoms with Crippen molar-refractivity contribution in [3.8, 4) is 34.3 Å². The van der Waals surface area contributed by atoms with E-state index in [-0.39, 0.29) is 74.8 Å². The van der Waals surface area contributed by atoms with Gasteiger partial charge in [0, 0.05) is 66.3 Å². The molecule has 2 unspecified atom stereocenters. The van der Waals surface area contributed by atoms with Crippen LogP contribution in [0.15, 0.2) is 85.7 Å². The number of ether oxygens (including phenoxy) is 2. The maximum Gasteiger partial charge on any atom is 0.254 e.